The first-order chi connectivity index (χ1) is 10.1. The molecule has 4 heteroatoms. The summed E-state index contributed by atoms with van der Waals surface area (Å²) in [5, 5.41) is 3.04. The number of hydrogen-bond donors (Lipinski definition) is 1. The molecule has 1 N–H and O–H groups in total. The van der Waals surface area contributed by atoms with Crippen molar-refractivity contribution >= 4 is 28.8 Å². The normalized spacial score (nSPS) is 14.8. The van der Waals surface area contributed by atoms with Crippen molar-refractivity contribution in [2.24, 2.45) is 0 Å². The van der Waals surface area contributed by atoms with E-state index in [-0.39, 0.29) is 11.9 Å². The number of amides is 1. The SMILES string of the molecule is CC(NC(=O)Cc1ccc2c(c1)CCC2)c1ccc(Cl)s1. The van der Waals surface area contributed by atoms with Crippen LogP contribution in [0.2, 0.25) is 4.34 Å². The van der Waals surface area contributed by atoms with Crippen molar-refractivity contribution in [3.05, 3.63) is 56.2 Å². The van der Waals surface area contributed by atoms with Gasteiger partial charge in [-0.1, -0.05) is 29.8 Å². The van der Waals surface area contributed by atoms with Gasteiger partial charge in [-0.25, -0.2) is 0 Å². The van der Waals surface area contributed by atoms with Crippen LogP contribution >= 0.6 is 22.9 Å². The molecule has 1 aliphatic rings. The minimum atomic E-state index is 0.00410. The Labute approximate surface area is 134 Å². The molecule has 0 bridgehead atoms. The Hall–Kier alpha value is -1.32. The van der Waals surface area contributed by atoms with Gasteiger partial charge < -0.3 is 5.32 Å². The van der Waals surface area contributed by atoms with Crippen LogP contribution in [-0.2, 0) is 24.1 Å². The minimum Gasteiger partial charge on any atom is -0.348 e. The van der Waals surface area contributed by atoms with Gasteiger partial charge >= 0.3 is 0 Å². The summed E-state index contributed by atoms with van der Waals surface area (Å²) in [5.74, 6) is 0.0602. The highest BCUT2D eigenvalue weighted by molar-refractivity contribution is 7.16. The third-order valence-corrected chi connectivity index (χ3v) is 5.34. The maximum Gasteiger partial charge on any atom is 0.224 e. The Bertz CT molecular complexity index is 665. The monoisotopic (exact) mass is 319 g/mol. The van der Waals surface area contributed by atoms with E-state index in [0.717, 1.165) is 21.2 Å². The smallest absolute Gasteiger partial charge is 0.224 e. The lowest BCUT2D eigenvalue weighted by Crippen LogP contribution is -2.27. The first-order valence-corrected chi connectivity index (χ1v) is 8.46. The summed E-state index contributed by atoms with van der Waals surface area (Å²) in [6, 6.07) is 10.3. The van der Waals surface area contributed by atoms with E-state index in [1.54, 1.807) is 0 Å². The second-order valence-electron chi connectivity index (χ2n) is 5.56. The molecule has 0 aliphatic heterocycles. The lowest BCUT2D eigenvalue weighted by Gasteiger charge is -2.12. The standard InChI is InChI=1S/C17H18ClNOS/c1-11(15-7-8-16(18)21-15)19-17(20)10-12-5-6-13-3-2-4-14(13)9-12/h5-9,11H,2-4,10H2,1H3,(H,19,20). The van der Waals surface area contributed by atoms with Crippen molar-refractivity contribution in [2.45, 2.75) is 38.6 Å². The number of rotatable bonds is 4. The molecule has 0 spiro atoms. The number of benzene rings is 1. The summed E-state index contributed by atoms with van der Waals surface area (Å²) in [5.41, 5.74) is 3.96. The van der Waals surface area contributed by atoms with E-state index >= 15 is 0 Å². The van der Waals surface area contributed by atoms with Gasteiger partial charge in [0.2, 0.25) is 5.91 Å². The fraction of sp³-hybridized carbons (Fsp3) is 0.353. The summed E-state index contributed by atoms with van der Waals surface area (Å²) in [6.45, 7) is 1.99. The molecule has 1 aromatic heterocycles. The van der Waals surface area contributed by atoms with Crippen LogP contribution in [0, 0.1) is 0 Å². The van der Waals surface area contributed by atoms with Gasteiger partial charge in [-0.15, -0.1) is 11.3 Å². The van der Waals surface area contributed by atoms with Crippen molar-refractivity contribution in [1.82, 2.24) is 5.32 Å². The summed E-state index contributed by atoms with van der Waals surface area (Å²) in [6.07, 6.45) is 4.00. The second kappa shape index (κ2) is 6.20. The van der Waals surface area contributed by atoms with E-state index in [2.05, 4.69) is 23.5 Å². The predicted octanol–water partition coefficient (Wildman–Crippen LogP) is 4.31. The average Bonchev–Trinajstić information content (AvgIpc) is 3.06. The number of carbonyl (C=O) groups is 1. The molecule has 110 valence electrons. The first kappa shape index (κ1) is 14.6. The van der Waals surface area contributed by atoms with E-state index in [1.165, 1.54) is 35.3 Å². The zero-order chi connectivity index (χ0) is 14.8. The molecule has 0 saturated heterocycles. The molecule has 0 saturated carbocycles. The summed E-state index contributed by atoms with van der Waals surface area (Å²) < 4.78 is 0.754. The summed E-state index contributed by atoms with van der Waals surface area (Å²) in [4.78, 5) is 13.2. The molecular weight excluding hydrogens is 302 g/mol. The van der Waals surface area contributed by atoms with Crippen LogP contribution in [0.25, 0.3) is 0 Å². The minimum absolute atomic E-state index is 0.00410. The highest BCUT2D eigenvalue weighted by Gasteiger charge is 2.14. The average molecular weight is 320 g/mol. The molecule has 2 aromatic rings. The fourth-order valence-electron chi connectivity index (χ4n) is 2.85. The maximum absolute atomic E-state index is 12.2. The van der Waals surface area contributed by atoms with Gasteiger partial charge in [0, 0.05) is 4.88 Å². The largest absolute Gasteiger partial charge is 0.348 e. The van der Waals surface area contributed by atoms with Gasteiger partial charge in [0.25, 0.3) is 0 Å². The molecule has 1 aliphatic carbocycles. The van der Waals surface area contributed by atoms with Crippen molar-refractivity contribution in [1.29, 1.82) is 0 Å². The Morgan fingerprint density at radius 2 is 2.10 bits per heavy atom. The quantitative estimate of drug-likeness (QED) is 0.894. The molecule has 1 unspecified atom stereocenters. The number of aryl methyl sites for hydroxylation is 2. The van der Waals surface area contributed by atoms with E-state index in [4.69, 9.17) is 11.6 Å². The van der Waals surface area contributed by atoms with Gasteiger partial charge in [-0.3, -0.25) is 4.79 Å². The van der Waals surface area contributed by atoms with Crippen LogP contribution in [0.4, 0.5) is 0 Å². The second-order valence-corrected chi connectivity index (χ2v) is 7.31. The molecule has 2 nitrogen and oxygen atoms in total. The Kier molecular flexibility index (Phi) is 4.32. The summed E-state index contributed by atoms with van der Waals surface area (Å²) >= 11 is 7.44. The topological polar surface area (TPSA) is 29.1 Å². The van der Waals surface area contributed by atoms with Crippen molar-refractivity contribution < 1.29 is 4.79 Å². The third-order valence-electron chi connectivity index (χ3n) is 3.93. The third kappa shape index (κ3) is 3.47. The fourth-order valence-corrected chi connectivity index (χ4v) is 3.91. The number of fused-ring (bicyclic) bond motifs is 1. The van der Waals surface area contributed by atoms with E-state index in [1.807, 2.05) is 19.1 Å². The highest BCUT2D eigenvalue weighted by atomic mass is 35.5. The highest BCUT2D eigenvalue weighted by Crippen LogP contribution is 2.27. The van der Waals surface area contributed by atoms with Crippen LogP contribution in [0.1, 0.15) is 41.0 Å². The van der Waals surface area contributed by atoms with Crippen LogP contribution < -0.4 is 5.32 Å². The number of thiophene rings is 1. The van der Waals surface area contributed by atoms with Gasteiger partial charge in [0.1, 0.15) is 0 Å². The van der Waals surface area contributed by atoms with Crippen molar-refractivity contribution in [3.8, 4) is 0 Å². The maximum atomic E-state index is 12.2. The molecule has 21 heavy (non-hydrogen) atoms. The zero-order valence-corrected chi connectivity index (χ0v) is 13.6. The number of carbonyl (C=O) groups excluding carboxylic acids is 1. The van der Waals surface area contributed by atoms with Gasteiger partial charge in [0.05, 0.1) is 16.8 Å². The molecule has 1 heterocycles. The Morgan fingerprint density at radius 3 is 2.86 bits per heavy atom. The first-order valence-electron chi connectivity index (χ1n) is 7.27. The number of nitrogens with one attached hydrogen (secondary N) is 1. The van der Waals surface area contributed by atoms with Gasteiger partial charge in [0.15, 0.2) is 0 Å². The Balaban J connectivity index is 1.61. The molecule has 1 aromatic carbocycles. The van der Waals surface area contributed by atoms with Gasteiger partial charge in [-0.05, 0) is 55.0 Å². The van der Waals surface area contributed by atoms with Crippen molar-refractivity contribution in [2.75, 3.05) is 0 Å². The molecule has 1 amide bonds. The molecule has 1 atom stereocenters. The molecule has 0 fully saturated rings. The lowest BCUT2D eigenvalue weighted by atomic mass is 10.0. The van der Waals surface area contributed by atoms with E-state index in [9.17, 15) is 4.79 Å². The Morgan fingerprint density at radius 1 is 1.29 bits per heavy atom. The van der Waals surface area contributed by atoms with Gasteiger partial charge in [-0.2, -0.15) is 0 Å². The van der Waals surface area contributed by atoms with E-state index < -0.39 is 0 Å². The lowest BCUT2D eigenvalue weighted by molar-refractivity contribution is -0.121. The van der Waals surface area contributed by atoms with Crippen molar-refractivity contribution in [3.63, 3.8) is 0 Å². The predicted molar refractivity (Wildman–Crippen MR) is 88.1 cm³/mol. The number of hydrogen-bond acceptors (Lipinski definition) is 2. The zero-order valence-electron chi connectivity index (χ0n) is 12.0. The van der Waals surface area contributed by atoms with Crippen LogP contribution in [0.3, 0.4) is 0 Å². The van der Waals surface area contributed by atoms with E-state index in [0.29, 0.717) is 6.42 Å². The van der Waals surface area contributed by atoms with Crippen LogP contribution in [0.5, 0.6) is 0 Å². The molecule has 0 radical (unpaired) electrons. The molecule has 3 rings (SSSR count). The van der Waals surface area contributed by atoms with Crippen LogP contribution in [-0.4, -0.2) is 5.91 Å². The van der Waals surface area contributed by atoms with Crippen LogP contribution in [0.15, 0.2) is 30.3 Å². The summed E-state index contributed by atoms with van der Waals surface area (Å²) in [7, 11) is 0. The number of halogens is 1. The molecular formula is C17H18ClNOS.